The van der Waals surface area contributed by atoms with Crippen LogP contribution in [0.4, 0.5) is 6.01 Å². The number of benzene rings is 1. The van der Waals surface area contributed by atoms with Crippen LogP contribution in [0.25, 0.3) is 17.3 Å². The maximum absolute atomic E-state index is 13.4. The van der Waals surface area contributed by atoms with Crippen LogP contribution in [-0.4, -0.2) is 65.6 Å². The van der Waals surface area contributed by atoms with Crippen LogP contribution >= 0.6 is 0 Å². The normalized spacial score (nSPS) is 16.5. The molecular formula is C24H24N8O2. The van der Waals surface area contributed by atoms with Crippen LogP contribution in [0.1, 0.15) is 36.0 Å². The summed E-state index contributed by atoms with van der Waals surface area (Å²) in [7, 11) is 0. The van der Waals surface area contributed by atoms with Gasteiger partial charge < -0.3 is 14.3 Å². The number of imidazole rings is 1. The molecule has 0 bridgehead atoms. The molecule has 0 unspecified atom stereocenters. The van der Waals surface area contributed by atoms with Gasteiger partial charge in [0, 0.05) is 55.5 Å². The number of hydrogen-bond acceptors (Lipinski definition) is 8. The van der Waals surface area contributed by atoms with Crippen LogP contribution in [0.5, 0.6) is 0 Å². The van der Waals surface area contributed by atoms with Crippen molar-refractivity contribution in [2.75, 3.05) is 18.0 Å². The van der Waals surface area contributed by atoms with E-state index in [0.29, 0.717) is 29.4 Å². The lowest BCUT2D eigenvalue weighted by atomic mass is 10.0. The molecule has 4 heterocycles. The van der Waals surface area contributed by atoms with E-state index in [4.69, 9.17) is 4.52 Å². The molecule has 4 aromatic rings. The van der Waals surface area contributed by atoms with E-state index in [-0.39, 0.29) is 11.9 Å². The fourth-order valence-electron chi connectivity index (χ4n) is 4.46. The van der Waals surface area contributed by atoms with Gasteiger partial charge in [0.25, 0.3) is 5.91 Å². The molecule has 3 aromatic heterocycles. The van der Waals surface area contributed by atoms with Gasteiger partial charge in [-0.3, -0.25) is 9.36 Å². The summed E-state index contributed by atoms with van der Waals surface area (Å²) in [6, 6.07) is 10.8. The number of hydrogen-bond donors (Lipinski definition) is 0. The van der Waals surface area contributed by atoms with Crippen molar-refractivity contribution in [3.8, 4) is 17.3 Å². The monoisotopic (exact) mass is 456 g/mol. The summed E-state index contributed by atoms with van der Waals surface area (Å²) in [5.74, 6) is 1.09. The predicted molar refractivity (Wildman–Crippen MR) is 123 cm³/mol. The SMILES string of the molecule is O=C(c1cnc(-n2ccnc2)nc1)N(C1CC1)C1CCN(c2nc(-c3ccccc3)no2)CC1. The van der Waals surface area contributed by atoms with Gasteiger partial charge in [0.2, 0.25) is 11.8 Å². The molecule has 10 heteroatoms. The molecule has 172 valence electrons. The van der Waals surface area contributed by atoms with Crippen molar-refractivity contribution in [2.24, 2.45) is 0 Å². The second-order valence-electron chi connectivity index (χ2n) is 8.67. The Labute approximate surface area is 196 Å². The maximum Gasteiger partial charge on any atom is 0.324 e. The molecule has 34 heavy (non-hydrogen) atoms. The maximum atomic E-state index is 13.4. The average molecular weight is 457 g/mol. The Morgan fingerprint density at radius 3 is 2.41 bits per heavy atom. The summed E-state index contributed by atoms with van der Waals surface area (Å²) in [5, 5.41) is 4.14. The molecule has 1 saturated heterocycles. The molecule has 6 rings (SSSR count). The fourth-order valence-corrected chi connectivity index (χ4v) is 4.46. The van der Waals surface area contributed by atoms with Gasteiger partial charge in [-0.1, -0.05) is 35.5 Å². The summed E-state index contributed by atoms with van der Waals surface area (Å²) in [5.41, 5.74) is 1.45. The highest BCUT2D eigenvalue weighted by atomic mass is 16.5. The van der Waals surface area contributed by atoms with Gasteiger partial charge in [0.05, 0.1) is 5.56 Å². The minimum Gasteiger partial charge on any atom is -0.332 e. The summed E-state index contributed by atoms with van der Waals surface area (Å²) >= 11 is 0. The number of carbonyl (C=O) groups excluding carboxylic acids is 1. The van der Waals surface area contributed by atoms with Gasteiger partial charge >= 0.3 is 6.01 Å². The molecule has 1 aliphatic carbocycles. The van der Waals surface area contributed by atoms with Crippen LogP contribution < -0.4 is 4.90 Å². The van der Waals surface area contributed by atoms with E-state index in [1.807, 2.05) is 30.3 Å². The van der Waals surface area contributed by atoms with Crippen LogP contribution in [-0.2, 0) is 0 Å². The summed E-state index contributed by atoms with van der Waals surface area (Å²) in [4.78, 5) is 34.9. The van der Waals surface area contributed by atoms with E-state index >= 15 is 0 Å². The summed E-state index contributed by atoms with van der Waals surface area (Å²) in [6.45, 7) is 1.52. The van der Waals surface area contributed by atoms with E-state index in [9.17, 15) is 4.79 Å². The fraction of sp³-hybridized carbons (Fsp3) is 0.333. The second-order valence-corrected chi connectivity index (χ2v) is 8.67. The Morgan fingerprint density at radius 1 is 1.00 bits per heavy atom. The number of piperidine rings is 1. The smallest absolute Gasteiger partial charge is 0.324 e. The molecule has 2 fully saturated rings. The molecule has 1 saturated carbocycles. The molecule has 1 aromatic carbocycles. The van der Waals surface area contributed by atoms with Gasteiger partial charge in [-0.2, -0.15) is 4.98 Å². The Bertz CT molecular complexity index is 1240. The van der Waals surface area contributed by atoms with E-state index < -0.39 is 0 Å². The van der Waals surface area contributed by atoms with Gasteiger partial charge in [-0.15, -0.1) is 0 Å². The number of carbonyl (C=O) groups is 1. The van der Waals surface area contributed by atoms with Gasteiger partial charge in [0.1, 0.15) is 6.33 Å². The molecule has 1 aliphatic heterocycles. The van der Waals surface area contributed by atoms with E-state index in [1.54, 1.807) is 35.7 Å². The minimum atomic E-state index is 0.00212. The Morgan fingerprint density at radius 2 is 1.74 bits per heavy atom. The van der Waals surface area contributed by atoms with Gasteiger partial charge in [-0.05, 0) is 25.7 Å². The van der Waals surface area contributed by atoms with Crippen molar-refractivity contribution >= 4 is 11.9 Å². The zero-order valence-electron chi connectivity index (χ0n) is 18.6. The van der Waals surface area contributed by atoms with E-state index in [1.165, 1.54) is 0 Å². The lowest BCUT2D eigenvalue weighted by molar-refractivity contribution is 0.0628. The number of rotatable bonds is 6. The standard InChI is InChI=1S/C24H24N8O2/c33-22(18-14-26-23(27-15-18)31-13-10-25-16-31)32(19-6-7-19)20-8-11-30(12-9-20)24-28-21(29-34-24)17-4-2-1-3-5-17/h1-5,10,13-16,19-20H,6-9,11-12H2. The van der Waals surface area contributed by atoms with Crippen molar-refractivity contribution in [3.63, 3.8) is 0 Å². The largest absolute Gasteiger partial charge is 0.332 e. The van der Waals surface area contributed by atoms with Crippen LogP contribution in [0.15, 0.2) is 66.0 Å². The highest BCUT2D eigenvalue weighted by molar-refractivity contribution is 5.94. The molecule has 0 atom stereocenters. The van der Waals surface area contributed by atoms with Crippen LogP contribution in [0, 0.1) is 0 Å². The first-order chi connectivity index (χ1) is 16.8. The number of aromatic nitrogens is 6. The minimum absolute atomic E-state index is 0.00212. The van der Waals surface area contributed by atoms with Crippen molar-refractivity contribution in [3.05, 3.63) is 67.0 Å². The quantitative estimate of drug-likeness (QED) is 0.436. The molecule has 0 spiro atoms. The first kappa shape index (κ1) is 20.5. The molecule has 1 amide bonds. The van der Waals surface area contributed by atoms with Crippen molar-refractivity contribution in [2.45, 2.75) is 37.8 Å². The van der Waals surface area contributed by atoms with Gasteiger partial charge in [0.15, 0.2) is 0 Å². The van der Waals surface area contributed by atoms with Gasteiger partial charge in [-0.25, -0.2) is 15.0 Å². The number of nitrogens with zero attached hydrogens (tertiary/aromatic N) is 8. The molecule has 0 N–H and O–H groups in total. The van der Waals surface area contributed by atoms with Crippen LogP contribution in [0.2, 0.25) is 0 Å². The van der Waals surface area contributed by atoms with E-state index in [0.717, 1.165) is 44.3 Å². The topological polar surface area (TPSA) is 106 Å². The Hall–Kier alpha value is -4.08. The lowest BCUT2D eigenvalue weighted by Crippen LogP contribution is -2.48. The molecule has 2 aliphatic rings. The highest BCUT2D eigenvalue weighted by Crippen LogP contribution is 2.34. The first-order valence-electron chi connectivity index (χ1n) is 11.5. The summed E-state index contributed by atoms with van der Waals surface area (Å²) < 4.78 is 7.25. The molecular weight excluding hydrogens is 432 g/mol. The predicted octanol–water partition coefficient (Wildman–Crippen LogP) is 2.99. The molecule has 10 nitrogen and oxygen atoms in total. The average Bonchev–Trinajstić information content (AvgIpc) is 3.35. The number of anilines is 1. The van der Waals surface area contributed by atoms with Crippen molar-refractivity contribution in [1.82, 2.24) is 34.6 Å². The lowest BCUT2D eigenvalue weighted by Gasteiger charge is -2.38. The third kappa shape index (κ3) is 4.02. The molecule has 0 radical (unpaired) electrons. The zero-order valence-corrected chi connectivity index (χ0v) is 18.6. The van der Waals surface area contributed by atoms with Crippen LogP contribution in [0.3, 0.4) is 0 Å². The Balaban J connectivity index is 1.13. The summed E-state index contributed by atoms with van der Waals surface area (Å²) in [6.07, 6.45) is 12.1. The second kappa shape index (κ2) is 8.69. The highest BCUT2D eigenvalue weighted by Gasteiger charge is 2.39. The third-order valence-electron chi connectivity index (χ3n) is 6.37. The third-order valence-corrected chi connectivity index (χ3v) is 6.37. The van der Waals surface area contributed by atoms with Crippen molar-refractivity contribution < 1.29 is 9.32 Å². The van der Waals surface area contributed by atoms with Crippen molar-refractivity contribution in [1.29, 1.82) is 0 Å². The number of amides is 1. The van der Waals surface area contributed by atoms with E-state index in [2.05, 4.69) is 34.9 Å². The Kier molecular flexibility index (Phi) is 5.25. The zero-order chi connectivity index (χ0) is 22.9. The first-order valence-corrected chi connectivity index (χ1v) is 11.5.